The first-order valence-corrected chi connectivity index (χ1v) is 7.75. The maximum Gasteiger partial charge on any atom is 0.407 e. The number of nitriles is 1. The van der Waals surface area contributed by atoms with E-state index in [0.717, 1.165) is 11.1 Å². The lowest BCUT2D eigenvalue weighted by atomic mass is 10.0. The van der Waals surface area contributed by atoms with E-state index in [4.69, 9.17) is 15.1 Å². The molecule has 0 saturated heterocycles. The van der Waals surface area contributed by atoms with Gasteiger partial charge >= 0.3 is 12.1 Å². The topological polar surface area (TPSA) is 99.4 Å². The fourth-order valence-corrected chi connectivity index (χ4v) is 2.37. The summed E-state index contributed by atoms with van der Waals surface area (Å²) in [5.41, 5.74) is 2.10. The van der Waals surface area contributed by atoms with Gasteiger partial charge in [-0.1, -0.05) is 42.5 Å². The van der Waals surface area contributed by atoms with Crippen LogP contribution in [0.3, 0.4) is 0 Å². The summed E-state index contributed by atoms with van der Waals surface area (Å²) in [6.07, 6.45) is -0.619. The number of benzene rings is 2. The normalized spacial score (nSPS) is 11.2. The molecule has 2 aromatic carbocycles. The minimum atomic E-state index is -1.02. The molecule has 6 nitrogen and oxygen atoms in total. The van der Waals surface area contributed by atoms with Crippen molar-refractivity contribution in [2.75, 3.05) is 0 Å². The zero-order chi connectivity index (χ0) is 18.1. The average molecular weight is 338 g/mol. The van der Waals surface area contributed by atoms with Crippen LogP contribution in [0.15, 0.2) is 54.6 Å². The predicted octanol–water partition coefficient (Wildman–Crippen LogP) is 2.87. The molecule has 2 rings (SSSR count). The van der Waals surface area contributed by atoms with E-state index in [2.05, 4.69) is 5.32 Å². The Morgan fingerprint density at radius 2 is 1.84 bits per heavy atom. The van der Waals surface area contributed by atoms with Gasteiger partial charge in [0.05, 0.1) is 18.1 Å². The summed E-state index contributed by atoms with van der Waals surface area (Å²) >= 11 is 0. The summed E-state index contributed by atoms with van der Waals surface area (Å²) in [5.74, 6) is -1.02. The first-order chi connectivity index (χ1) is 12.1. The number of nitrogens with one attached hydrogen (secondary N) is 1. The van der Waals surface area contributed by atoms with Crippen LogP contribution in [0.1, 0.15) is 23.1 Å². The molecular formula is C19H18N2O4. The molecule has 0 fully saturated rings. The number of carbonyl (C=O) groups excluding carboxylic acids is 1. The maximum atomic E-state index is 11.9. The van der Waals surface area contributed by atoms with E-state index < -0.39 is 18.1 Å². The summed E-state index contributed by atoms with van der Waals surface area (Å²) < 4.78 is 5.13. The first-order valence-electron chi connectivity index (χ1n) is 7.75. The molecule has 0 aliphatic rings. The van der Waals surface area contributed by atoms with Gasteiger partial charge in [-0.25, -0.2) is 4.79 Å². The van der Waals surface area contributed by atoms with Crippen LogP contribution in [-0.2, 0) is 22.6 Å². The predicted molar refractivity (Wildman–Crippen MR) is 90.7 cm³/mol. The average Bonchev–Trinajstić information content (AvgIpc) is 2.60. The molecule has 128 valence electrons. The molecule has 0 heterocycles. The van der Waals surface area contributed by atoms with Crippen molar-refractivity contribution in [3.63, 3.8) is 0 Å². The van der Waals surface area contributed by atoms with Gasteiger partial charge in [0.15, 0.2) is 0 Å². The SMILES string of the molecule is N#Cc1cccc(C[C@@H](CC(=O)O)NC(=O)OCc2ccccc2)c1. The van der Waals surface area contributed by atoms with Crippen LogP contribution in [0.5, 0.6) is 0 Å². The van der Waals surface area contributed by atoms with Crippen molar-refractivity contribution < 1.29 is 19.4 Å². The third kappa shape index (κ3) is 6.36. The van der Waals surface area contributed by atoms with E-state index in [1.54, 1.807) is 24.3 Å². The van der Waals surface area contributed by atoms with Gasteiger partial charge in [0.2, 0.25) is 0 Å². The maximum absolute atomic E-state index is 11.9. The number of ether oxygens (including phenoxy) is 1. The molecule has 0 saturated carbocycles. The molecule has 25 heavy (non-hydrogen) atoms. The van der Waals surface area contributed by atoms with E-state index in [0.29, 0.717) is 12.0 Å². The zero-order valence-corrected chi connectivity index (χ0v) is 13.5. The highest BCUT2D eigenvalue weighted by Gasteiger charge is 2.17. The number of aliphatic carboxylic acids is 1. The van der Waals surface area contributed by atoms with Crippen molar-refractivity contribution >= 4 is 12.1 Å². The minimum absolute atomic E-state index is 0.108. The fourth-order valence-electron chi connectivity index (χ4n) is 2.37. The molecule has 0 aromatic heterocycles. The number of carbonyl (C=O) groups is 2. The van der Waals surface area contributed by atoms with Crippen LogP contribution in [0, 0.1) is 11.3 Å². The lowest BCUT2D eigenvalue weighted by Crippen LogP contribution is -2.38. The largest absolute Gasteiger partial charge is 0.481 e. The van der Waals surface area contributed by atoms with E-state index in [1.807, 2.05) is 36.4 Å². The quantitative estimate of drug-likeness (QED) is 0.808. The molecule has 2 N–H and O–H groups in total. The summed E-state index contributed by atoms with van der Waals surface area (Å²) in [7, 11) is 0. The summed E-state index contributed by atoms with van der Waals surface area (Å²) in [6, 6.07) is 17.4. The molecule has 1 atom stereocenters. The van der Waals surface area contributed by atoms with Gasteiger partial charge in [-0.05, 0) is 29.7 Å². The van der Waals surface area contributed by atoms with Crippen LogP contribution in [0.25, 0.3) is 0 Å². The van der Waals surface area contributed by atoms with Crippen molar-refractivity contribution in [2.24, 2.45) is 0 Å². The minimum Gasteiger partial charge on any atom is -0.481 e. The van der Waals surface area contributed by atoms with E-state index in [9.17, 15) is 9.59 Å². The number of rotatable bonds is 7. The second kappa shape index (κ2) is 9.08. The van der Waals surface area contributed by atoms with E-state index in [1.165, 1.54) is 0 Å². The highest BCUT2D eigenvalue weighted by Crippen LogP contribution is 2.10. The van der Waals surface area contributed by atoms with Crippen LogP contribution in [0.4, 0.5) is 4.79 Å². The third-order valence-electron chi connectivity index (χ3n) is 3.49. The van der Waals surface area contributed by atoms with Crippen molar-refractivity contribution in [3.8, 4) is 6.07 Å². The zero-order valence-electron chi connectivity index (χ0n) is 13.5. The highest BCUT2D eigenvalue weighted by atomic mass is 16.5. The highest BCUT2D eigenvalue weighted by molar-refractivity contribution is 5.71. The summed E-state index contributed by atoms with van der Waals surface area (Å²) in [6.45, 7) is 0.108. The standard InChI is InChI=1S/C19H18N2O4/c20-12-16-8-4-7-15(9-16)10-17(11-18(22)23)21-19(24)25-13-14-5-2-1-3-6-14/h1-9,17H,10-11,13H2,(H,21,24)(H,22,23)/t17-/m0/s1. The van der Waals surface area contributed by atoms with Gasteiger partial charge < -0.3 is 15.2 Å². The van der Waals surface area contributed by atoms with Crippen molar-refractivity contribution in [3.05, 3.63) is 71.3 Å². The summed E-state index contributed by atoms with van der Waals surface area (Å²) in [4.78, 5) is 23.0. The van der Waals surface area contributed by atoms with Crippen molar-refractivity contribution in [1.29, 1.82) is 5.26 Å². The molecule has 0 spiro atoms. The van der Waals surface area contributed by atoms with Gasteiger partial charge in [-0.2, -0.15) is 5.26 Å². The molecule has 0 radical (unpaired) electrons. The Hall–Kier alpha value is -3.33. The fraction of sp³-hybridized carbons (Fsp3) is 0.211. The number of nitrogens with zero attached hydrogens (tertiary/aromatic N) is 1. The molecule has 2 aromatic rings. The molecule has 0 aliphatic heterocycles. The number of hydrogen-bond donors (Lipinski definition) is 2. The van der Waals surface area contributed by atoms with Crippen LogP contribution >= 0.6 is 0 Å². The third-order valence-corrected chi connectivity index (χ3v) is 3.49. The molecule has 6 heteroatoms. The Kier molecular flexibility index (Phi) is 6.55. The van der Waals surface area contributed by atoms with Gasteiger partial charge in [-0.3, -0.25) is 4.79 Å². The van der Waals surface area contributed by atoms with Crippen molar-refractivity contribution in [2.45, 2.75) is 25.5 Å². The Labute approximate surface area is 145 Å². The second-order valence-corrected chi connectivity index (χ2v) is 5.52. The molecular weight excluding hydrogens is 320 g/mol. The van der Waals surface area contributed by atoms with E-state index in [-0.39, 0.29) is 13.0 Å². The van der Waals surface area contributed by atoms with Gasteiger partial charge in [-0.15, -0.1) is 0 Å². The summed E-state index contributed by atoms with van der Waals surface area (Å²) in [5, 5.41) is 20.6. The lowest BCUT2D eigenvalue weighted by molar-refractivity contribution is -0.137. The Morgan fingerprint density at radius 1 is 1.12 bits per heavy atom. The van der Waals surface area contributed by atoms with Gasteiger partial charge in [0, 0.05) is 6.04 Å². The Bertz CT molecular complexity index is 768. The smallest absolute Gasteiger partial charge is 0.407 e. The number of amides is 1. The Balaban J connectivity index is 1.95. The first kappa shape index (κ1) is 18.0. The molecule has 0 bridgehead atoms. The van der Waals surface area contributed by atoms with Crippen LogP contribution in [-0.4, -0.2) is 23.2 Å². The van der Waals surface area contributed by atoms with Crippen LogP contribution < -0.4 is 5.32 Å². The Morgan fingerprint density at radius 3 is 2.52 bits per heavy atom. The lowest BCUT2D eigenvalue weighted by Gasteiger charge is -2.17. The number of alkyl carbamates (subject to hydrolysis) is 1. The number of hydrogen-bond acceptors (Lipinski definition) is 4. The van der Waals surface area contributed by atoms with E-state index >= 15 is 0 Å². The number of carboxylic acid groups (broad SMARTS) is 1. The molecule has 1 amide bonds. The van der Waals surface area contributed by atoms with Gasteiger partial charge in [0.25, 0.3) is 0 Å². The van der Waals surface area contributed by atoms with Crippen molar-refractivity contribution in [1.82, 2.24) is 5.32 Å². The van der Waals surface area contributed by atoms with Crippen LogP contribution in [0.2, 0.25) is 0 Å². The van der Waals surface area contributed by atoms with Gasteiger partial charge in [0.1, 0.15) is 6.61 Å². The number of carboxylic acids is 1. The molecule has 0 aliphatic carbocycles. The second-order valence-electron chi connectivity index (χ2n) is 5.52. The monoisotopic (exact) mass is 338 g/mol. The molecule has 0 unspecified atom stereocenters.